The number of nitrogens with zero attached hydrogens (tertiary/aromatic N) is 2. The Morgan fingerprint density at radius 2 is 2.11 bits per heavy atom. The largest absolute Gasteiger partial charge is 0.480 e. The van der Waals surface area contributed by atoms with Gasteiger partial charge >= 0.3 is 11.0 Å². The summed E-state index contributed by atoms with van der Waals surface area (Å²) in [5.74, 6) is -1.66. The zero-order chi connectivity index (χ0) is 14.8. The van der Waals surface area contributed by atoms with Gasteiger partial charge in [-0.1, -0.05) is 11.3 Å². The molecule has 7 nitrogen and oxygen atoms in total. The number of carboxylic acids is 1. The first kappa shape index (κ1) is 15.1. The van der Waals surface area contributed by atoms with Crippen molar-refractivity contribution in [2.75, 3.05) is 6.54 Å². The molecule has 0 fully saturated rings. The smallest absolute Gasteiger partial charge is 0.329 e. The molecule has 0 aromatic carbocycles. The molecule has 0 unspecified atom stereocenters. The lowest BCUT2D eigenvalue weighted by atomic mass is 10.0. The maximum Gasteiger partial charge on any atom is 0.329 e. The van der Waals surface area contributed by atoms with Gasteiger partial charge in [0, 0.05) is 18.0 Å². The summed E-state index contributed by atoms with van der Waals surface area (Å²) in [6.45, 7) is 4.68. The number of hydrogen-bond acceptors (Lipinski definition) is 5. The lowest BCUT2D eigenvalue weighted by Crippen LogP contribution is -2.52. The Kier molecular flexibility index (Phi) is 4.25. The highest BCUT2D eigenvalue weighted by Gasteiger charge is 2.37. The molecular weight excluding hydrogens is 272 g/mol. The standard InChI is InChI=1S/C11H14N2O5S/c1-4-12(11(2,3)10(15)16)9(14)7-5-8(13(17)18)19-6-7/h5-6H,4H2,1-3H3,(H,15,16). The second-order valence-electron chi connectivity index (χ2n) is 4.34. The van der Waals surface area contributed by atoms with Gasteiger partial charge in [0.15, 0.2) is 0 Å². The Morgan fingerprint density at radius 3 is 2.47 bits per heavy atom. The van der Waals surface area contributed by atoms with Crippen molar-refractivity contribution in [3.63, 3.8) is 0 Å². The van der Waals surface area contributed by atoms with Crippen molar-refractivity contribution in [2.24, 2.45) is 0 Å². The molecule has 0 radical (unpaired) electrons. The summed E-state index contributed by atoms with van der Waals surface area (Å²) in [7, 11) is 0. The summed E-state index contributed by atoms with van der Waals surface area (Å²) in [5.41, 5.74) is -1.24. The monoisotopic (exact) mass is 286 g/mol. The second-order valence-corrected chi connectivity index (χ2v) is 5.23. The van der Waals surface area contributed by atoms with Crippen molar-refractivity contribution in [1.29, 1.82) is 0 Å². The number of carbonyl (C=O) groups excluding carboxylic acids is 1. The quantitative estimate of drug-likeness (QED) is 0.658. The molecule has 0 saturated carbocycles. The molecule has 8 heteroatoms. The highest BCUT2D eigenvalue weighted by atomic mass is 32.1. The maximum atomic E-state index is 12.2. The van der Waals surface area contributed by atoms with Crippen LogP contribution in [0.15, 0.2) is 11.4 Å². The number of nitro groups is 1. The molecular formula is C11H14N2O5S. The van der Waals surface area contributed by atoms with Crippen molar-refractivity contribution in [3.8, 4) is 0 Å². The molecule has 104 valence electrons. The van der Waals surface area contributed by atoms with Gasteiger partial charge in [-0.05, 0) is 20.8 Å². The minimum absolute atomic E-state index is 0.132. The van der Waals surface area contributed by atoms with Crippen LogP contribution in [-0.2, 0) is 4.79 Å². The molecule has 0 aliphatic heterocycles. The van der Waals surface area contributed by atoms with Crippen molar-refractivity contribution < 1.29 is 19.6 Å². The SMILES string of the molecule is CCN(C(=O)c1csc([N+](=O)[O-])c1)C(C)(C)C(=O)O. The van der Waals surface area contributed by atoms with Crippen LogP contribution in [0.4, 0.5) is 5.00 Å². The van der Waals surface area contributed by atoms with Gasteiger partial charge in [0.2, 0.25) is 0 Å². The molecule has 1 rings (SSSR count). The van der Waals surface area contributed by atoms with Crippen molar-refractivity contribution in [3.05, 3.63) is 27.1 Å². The molecule has 0 bridgehead atoms. The third-order valence-electron chi connectivity index (χ3n) is 2.77. The van der Waals surface area contributed by atoms with Crippen molar-refractivity contribution >= 4 is 28.2 Å². The summed E-state index contributed by atoms with van der Waals surface area (Å²) in [6, 6.07) is 1.16. The van der Waals surface area contributed by atoms with Crippen LogP contribution in [0.1, 0.15) is 31.1 Å². The summed E-state index contributed by atoms with van der Waals surface area (Å²) >= 11 is 0.839. The van der Waals surface area contributed by atoms with E-state index in [0.29, 0.717) is 0 Å². The molecule has 1 N–H and O–H groups in total. The number of thiophene rings is 1. The van der Waals surface area contributed by atoms with Crippen molar-refractivity contribution in [1.82, 2.24) is 4.90 Å². The number of hydrogen-bond donors (Lipinski definition) is 1. The summed E-state index contributed by atoms with van der Waals surface area (Å²) in [4.78, 5) is 34.5. The van der Waals surface area contributed by atoms with E-state index in [-0.39, 0.29) is 17.1 Å². The van der Waals surface area contributed by atoms with Crippen LogP contribution in [-0.4, -0.2) is 38.9 Å². The predicted octanol–water partition coefficient (Wildman–Crippen LogP) is 1.98. The molecule has 19 heavy (non-hydrogen) atoms. The Balaban J connectivity index is 3.08. The van der Waals surface area contributed by atoms with Gasteiger partial charge in [0.25, 0.3) is 5.91 Å². The van der Waals surface area contributed by atoms with E-state index >= 15 is 0 Å². The first-order valence-electron chi connectivity index (χ1n) is 5.50. The summed E-state index contributed by atoms with van der Waals surface area (Å²) < 4.78 is 0. The number of rotatable bonds is 5. The number of carbonyl (C=O) groups is 2. The fourth-order valence-corrected chi connectivity index (χ4v) is 2.29. The maximum absolute atomic E-state index is 12.2. The fraction of sp³-hybridized carbons (Fsp3) is 0.455. The van der Waals surface area contributed by atoms with Crippen LogP contribution in [0, 0.1) is 10.1 Å². The fourth-order valence-electron chi connectivity index (χ4n) is 1.60. The average molecular weight is 286 g/mol. The molecule has 0 atom stereocenters. The molecule has 0 aliphatic carbocycles. The van der Waals surface area contributed by atoms with E-state index in [0.717, 1.165) is 17.4 Å². The van der Waals surface area contributed by atoms with Gasteiger partial charge < -0.3 is 10.0 Å². The molecule has 1 heterocycles. The van der Waals surface area contributed by atoms with Gasteiger partial charge in [0.1, 0.15) is 5.54 Å². The Hall–Kier alpha value is -1.96. The first-order chi connectivity index (χ1) is 8.71. The van der Waals surface area contributed by atoms with Crippen LogP contribution < -0.4 is 0 Å². The number of carboxylic acid groups (broad SMARTS) is 1. The van der Waals surface area contributed by atoms with Crippen molar-refractivity contribution in [2.45, 2.75) is 26.3 Å². The average Bonchev–Trinajstić information content (AvgIpc) is 2.78. The highest BCUT2D eigenvalue weighted by molar-refractivity contribution is 7.13. The zero-order valence-corrected chi connectivity index (χ0v) is 11.6. The Labute approximate surface area is 113 Å². The highest BCUT2D eigenvalue weighted by Crippen LogP contribution is 2.26. The van der Waals surface area contributed by atoms with Gasteiger partial charge in [-0.15, -0.1) is 0 Å². The molecule has 1 aromatic rings. The first-order valence-corrected chi connectivity index (χ1v) is 6.38. The third kappa shape index (κ3) is 2.90. The van der Waals surface area contributed by atoms with Crippen LogP contribution in [0.5, 0.6) is 0 Å². The number of likely N-dealkylation sites (N-methyl/N-ethyl adjacent to an activating group) is 1. The van der Waals surface area contributed by atoms with Gasteiger partial charge in [0.05, 0.1) is 10.5 Å². The molecule has 0 saturated heterocycles. The van der Waals surface area contributed by atoms with E-state index < -0.39 is 22.3 Å². The third-order valence-corrected chi connectivity index (χ3v) is 3.65. The summed E-state index contributed by atoms with van der Waals surface area (Å²) in [5, 5.41) is 20.9. The molecule has 0 spiro atoms. The molecule has 1 aromatic heterocycles. The second kappa shape index (κ2) is 5.35. The van der Waals surface area contributed by atoms with Crippen LogP contribution in [0.2, 0.25) is 0 Å². The topological polar surface area (TPSA) is 101 Å². The van der Waals surface area contributed by atoms with Crippen LogP contribution in [0.25, 0.3) is 0 Å². The normalized spacial score (nSPS) is 11.1. The molecule has 1 amide bonds. The minimum Gasteiger partial charge on any atom is -0.480 e. The minimum atomic E-state index is -1.37. The summed E-state index contributed by atoms with van der Waals surface area (Å²) in [6.07, 6.45) is 0. The van der Waals surface area contributed by atoms with E-state index in [1.807, 2.05) is 0 Å². The number of amides is 1. The molecule has 0 aliphatic rings. The lowest BCUT2D eigenvalue weighted by Gasteiger charge is -2.33. The zero-order valence-electron chi connectivity index (χ0n) is 10.7. The Morgan fingerprint density at radius 1 is 1.53 bits per heavy atom. The predicted molar refractivity (Wildman–Crippen MR) is 69.4 cm³/mol. The van der Waals surface area contributed by atoms with Crippen LogP contribution >= 0.6 is 11.3 Å². The van der Waals surface area contributed by atoms with E-state index in [1.54, 1.807) is 6.92 Å². The van der Waals surface area contributed by atoms with Gasteiger partial charge in [-0.25, -0.2) is 4.79 Å². The van der Waals surface area contributed by atoms with Gasteiger partial charge in [-0.2, -0.15) is 0 Å². The van der Waals surface area contributed by atoms with E-state index in [2.05, 4.69) is 0 Å². The lowest BCUT2D eigenvalue weighted by molar-refractivity contribution is -0.380. The van der Waals surface area contributed by atoms with E-state index in [4.69, 9.17) is 5.11 Å². The Bertz CT molecular complexity index is 523. The van der Waals surface area contributed by atoms with Gasteiger partial charge in [-0.3, -0.25) is 14.9 Å². The number of aliphatic carboxylic acids is 1. The van der Waals surface area contributed by atoms with Crippen LogP contribution in [0.3, 0.4) is 0 Å². The van der Waals surface area contributed by atoms with E-state index in [1.165, 1.54) is 24.1 Å². The van der Waals surface area contributed by atoms with E-state index in [9.17, 15) is 19.7 Å².